The molecule has 8 heteroatoms. The normalized spacial score (nSPS) is 15.2. The maximum atomic E-state index is 13.2. The number of ether oxygens (including phenoxy) is 2. The zero-order valence-electron chi connectivity index (χ0n) is 20.8. The highest BCUT2D eigenvalue weighted by molar-refractivity contribution is 7.13. The van der Waals surface area contributed by atoms with Gasteiger partial charge in [0, 0.05) is 48.2 Å². The van der Waals surface area contributed by atoms with Crippen LogP contribution in [0, 0.1) is 13.8 Å². The van der Waals surface area contributed by atoms with E-state index < -0.39 is 0 Å². The SMILES string of the molecule is COc1ccc(Cn2c(-c3csc(-c4ccc(C)nc4)n3)cc(C(=O)NCC3CCCO3)c2C)cc1. The van der Waals surface area contributed by atoms with Crippen LogP contribution in [0.15, 0.2) is 54.0 Å². The summed E-state index contributed by atoms with van der Waals surface area (Å²) in [6.07, 6.45) is 3.98. The number of thiazole rings is 1. The Morgan fingerprint density at radius 2 is 2.06 bits per heavy atom. The quantitative estimate of drug-likeness (QED) is 0.356. The van der Waals surface area contributed by atoms with Crippen LogP contribution < -0.4 is 10.1 Å². The first-order chi connectivity index (χ1) is 17.5. The van der Waals surface area contributed by atoms with Gasteiger partial charge < -0.3 is 19.4 Å². The highest BCUT2D eigenvalue weighted by Crippen LogP contribution is 2.32. The summed E-state index contributed by atoms with van der Waals surface area (Å²) in [6.45, 7) is 5.87. The Morgan fingerprint density at radius 3 is 2.75 bits per heavy atom. The lowest BCUT2D eigenvalue weighted by Crippen LogP contribution is -2.32. The first-order valence-corrected chi connectivity index (χ1v) is 13.0. The van der Waals surface area contributed by atoms with Gasteiger partial charge in [-0.2, -0.15) is 0 Å². The summed E-state index contributed by atoms with van der Waals surface area (Å²) < 4.78 is 13.1. The van der Waals surface area contributed by atoms with Crippen molar-refractivity contribution < 1.29 is 14.3 Å². The number of nitrogens with one attached hydrogen (secondary N) is 1. The van der Waals surface area contributed by atoms with Gasteiger partial charge in [-0.3, -0.25) is 9.78 Å². The lowest BCUT2D eigenvalue weighted by molar-refractivity contribution is 0.0857. The standard InChI is InChI=1S/C28H30N4O3S/c1-18-6-9-21(14-29-18)28-31-25(17-36-28)26-13-24(27(33)30-15-23-5-4-12-35-23)19(2)32(26)16-20-7-10-22(34-3)11-8-20/h6-11,13-14,17,23H,4-5,12,15-16H2,1-3H3,(H,30,33). The molecule has 0 radical (unpaired) electrons. The van der Waals surface area contributed by atoms with Crippen LogP contribution in [0.2, 0.25) is 0 Å². The maximum absolute atomic E-state index is 13.2. The molecule has 0 bridgehead atoms. The molecule has 1 aromatic carbocycles. The molecule has 186 valence electrons. The first kappa shape index (κ1) is 24.2. The highest BCUT2D eigenvalue weighted by atomic mass is 32.1. The number of methoxy groups -OCH3 is 1. The van der Waals surface area contributed by atoms with Gasteiger partial charge in [0.25, 0.3) is 5.91 Å². The first-order valence-electron chi connectivity index (χ1n) is 12.1. The van der Waals surface area contributed by atoms with Crippen LogP contribution in [0.5, 0.6) is 5.75 Å². The van der Waals surface area contributed by atoms with Crippen LogP contribution >= 0.6 is 11.3 Å². The van der Waals surface area contributed by atoms with E-state index in [1.54, 1.807) is 18.4 Å². The minimum absolute atomic E-state index is 0.0871. The summed E-state index contributed by atoms with van der Waals surface area (Å²) >= 11 is 1.58. The molecule has 1 aliphatic heterocycles. The molecule has 0 saturated carbocycles. The number of hydrogen-bond donors (Lipinski definition) is 1. The Hall–Kier alpha value is -3.49. The molecule has 1 fully saturated rings. The largest absolute Gasteiger partial charge is 0.497 e. The molecular weight excluding hydrogens is 472 g/mol. The molecule has 7 nitrogen and oxygen atoms in total. The number of nitrogens with zero attached hydrogens (tertiary/aromatic N) is 3. The zero-order chi connectivity index (χ0) is 25.1. The summed E-state index contributed by atoms with van der Waals surface area (Å²) in [7, 11) is 1.66. The summed E-state index contributed by atoms with van der Waals surface area (Å²) in [5, 5.41) is 6.01. The van der Waals surface area contributed by atoms with Gasteiger partial charge in [-0.25, -0.2) is 4.98 Å². The number of pyridine rings is 1. The van der Waals surface area contributed by atoms with Gasteiger partial charge in [-0.15, -0.1) is 11.3 Å². The topological polar surface area (TPSA) is 78.3 Å². The van der Waals surface area contributed by atoms with Crippen molar-refractivity contribution in [2.24, 2.45) is 0 Å². The highest BCUT2D eigenvalue weighted by Gasteiger charge is 2.22. The lowest BCUT2D eigenvalue weighted by Gasteiger charge is -2.13. The van der Waals surface area contributed by atoms with Crippen LogP contribution in [-0.4, -0.2) is 46.8 Å². The fraction of sp³-hybridized carbons (Fsp3) is 0.321. The van der Waals surface area contributed by atoms with Crippen LogP contribution in [0.1, 0.15) is 40.2 Å². The summed E-state index contributed by atoms with van der Waals surface area (Å²) in [5.74, 6) is 0.726. The summed E-state index contributed by atoms with van der Waals surface area (Å²) in [5.41, 5.74) is 6.37. The van der Waals surface area contributed by atoms with E-state index in [1.807, 2.05) is 67.9 Å². The van der Waals surface area contributed by atoms with Crippen molar-refractivity contribution in [3.05, 3.63) is 76.6 Å². The molecule has 1 atom stereocenters. The van der Waals surface area contributed by atoms with Gasteiger partial charge >= 0.3 is 0 Å². The summed E-state index contributed by atoms with van der Waals surface area (Å²) in [6, 6.07) is 14.0. The number of benzene rings is 1. The van der Waals surface area contributed by atoms with Crippen LogP contribution in [-0.2, 0) is 11.3 Å². The van der Waals surface area contributed by atoms with E-state index in [-0.39, 0.29) is 12.0 Å². The Morgan fingerprint density at radius 1 is 1.22 bits per heavy atom. The molecule has 1 amide bonds. The van der Waals surface area contributed by atoms with E-state index in [0.29, 0.717) is 18.7 Å². The molecule has 5 rings (SSSR count). The number of rotatable bonds is 8. The predicted molar refractivity (Wildman–Crippen MR) is 142 cm³/mol. The van der Waals surface area contributed by atoms with Gasteiger partial charge in [-0.1, -0.05) is 12.1 Å². The van der Waals surface area contributed by atoms with Crippen molar-refractivity contribution in [3.8, 4) is 27.7 Å². The monoisotopic (exact) mass is 502 g/mol. The van der Waals surface area contributed by atoms with Crippen molar-refractivity contribution in [1.82, 2.24) is 19.9 Å². The molecule has 1 saturated heterocycles. The number of aryl methyl sites for hydroxylation is 1. The maximum Gasteiger partial charge on any atom is 0.253 e. The molecule has 36 heavy (non-hydrogen) atoms. The number of carbonyl (C=O) groups is 1. The third-order valence-electron chi connectivity index (χ3n) is 6.55. The molecule has 1 N–H and O–H groups in total. The van der Waals surface area contributed by atoms with Crippen molar-refractivity contribution in [2.45, 2.75) is 39.3 Å². The van der Waals surface area contributed by atoms with Crippen molar-refractivity contribution in [2.75, 3.05) is 20.3 Å². The fourth-order valence-electron chi connectivity index (χ4n) is 4.43. The van der Waals surface area contributed by atoms with E-state index in [1.165, 1.54) is 0 Å². The van der Waals surface area contributed by atoms with Gasteiger partial charge in [0.15, 0.2) is 0 Å². The van der Waals surface area contributed by atoms with Gasteiger partial charge in [-0.05, 0) is 62.6 Å². The lowest BCUT2D eigenvalue weighted by atomic mass is 10.2. The Bertz CT molecular complexity index is 1340. The summed E-state index contributed by atoms with van der Waals surface area (Å²) in [4.78, 5) is 22.5. The number of hydrogen-bond acceptors (Lipinski definition) is 6. The molecule has 1 aliphatic rings. The molecular formula is C28H30N4O3S. The third-order valence-corrected chi connectivity index (χ3v) is 7.44. The van der Waals surface area contributed by atoms with Crippen molar-refractivity contribution in [1.29, 1.82) is 0 Å². The van der Waals surface area contributed by atoms with Crippen LogP contribution in [0.3, 0.4) is 0 Å². The number of amides is 1. The van der Waals surface area contributed by atoms with Crippen LogP contribution in [0.25, 0.3) is 22.0 Å². The molecule has 1 unspecified atom stereocenters. The van der Waals surface area contributed by atoms with E-state index in [2.05, 4.69) is 14.9 Å². The molecule has 4 aromatic rings. The smallest absolute Gasteiger partial charge is 0.253 e. The number of carbonyl (C=O) groups excluding carboxylic acids is 1. The number of aromatic nitrogens is 3. The Balaban J connectivity index is 1.47. The van der Waals surface area contributed by atoms with E-state index in [9.17, 15) is 4.79 Å². The molecule has 0 spiro atoms. The predicted octanol–water partition coefficient (Wildman–Crippen LogP) is 5.26. The van der Waals surface area contributed by atoms with E-state index in [0.717, 1.165) is 64.1 Å². The average molecular weight is 503 g/mol. The van der Waals surface area contributed by atoms with Gasteiger partial charge in [0.05, 0.1) is 30.2 Å². The second-order valence-electron chi connectivity index (χ2n) is 9.03. The van der Waals surface area contributed by atoms with Crippen molar-refractivity contribution in [3.63, 3.8) is 0 Å². The Labute approximate surface area is 215 Å². The van der Waals surface area contributed by atoms with Crippen LogP contribution in [0.4, 0.5) is 0 Å². The van der Waals surface area contributed by atoms with E-state index in [4.69, 9.17) is 14.5 Å². The molecule has 0 aliphatic carbocycles. The van der Waals surface area contributed by atoms with Gasteiger partial charge in [0.2, 0.25) is 0 Å². The Kier molecular flexibility index (Phi) is 7.16. The van der Waals surface area contributed by atoms with Crippen molar-refractivity contribution >= 4 is 17.2 Å². The molecule has 4 heterocycles. The third kappa shape index (κ3) is 5.20. The second kappa shape index (κ2) is 10.6. The second-order valence-corrected chi connectivity index (χ2v) is 9.89. The van der Waals surface area contributed by atoms with Gasteiger partial charge in [0.1, 0.15) is 10.8 Å². The zero-order valence-corrected chi connectivity index (χ0v) is 21.6. The fourth-order valence-corrected chi connectivity index (χ4v) is 5.23. The van der Waals surface area contributed by atoms with E-state index >= 15 is 0 Å². The molecule has 3 aromatic heterocycles. The minimum Gasteiger partial charge on any atom is -0.497 e. The average Bonchev–Trinajstić information content (AvgIpc) is 3.65. The minimum atomic E-state index is -0.0871.